The van der Waals surface area contributed by atoms with Crippen molar-refractivity contribution in [3.8, 4) is 10.4 Å². The molecule has 6 nitrogen and oxygen atoms in total. The summed E-state index contributed by atoms with van der Waals surface area (Å²) in [6, 6.07) is 11.7. The van der Waals surface area contributed by atoms with Crippen molar-refractivity contribution in [1.29, 1.82) is 0 Å². The van der Waals surface area contributed by atoms with E-state index in [1.165, 1.54) is 22.5 Å². The van der Waals surface area contributed by atoms with Gasteiger partial charge >= 0.3 is 5.97 Å². The van der Waals surface area contributed by atoms with Crippen LogP contribution in [0.25, 0.3) is 10.4 Å². The number of ether oxygens (including phenoxy) is 1. The van der Waals surface area contributed by atoms with Crippen LogP contribution >= 0.6 is 11.3 Å². The molecule has 0 bridgehead atoms. The van der Waals surface area contributed by atoms with Crippen LogP contribution in [0, 0.1) is 6.92 Å². The van der Waals surface area contributed by atoms with Gasteiger partial charge in [0, 0.05) is 10.9 Å². The van der Waals surface area contributed by atoms with Gasteiger partial charge in [-0.1, -0.05) is 29.4 Å². The Hall–Kier alpha value is -2.93. The lowest BCUT2D eigenvalue weighted by Crippen LogP contribution is -2.20. The van der Waals surface area contributed by atoms with E-state index in [9.17, 15) is 9.59 Å². The number of carbonyl (C=O) groups is 2. The van der Waals surface area contributed by atoms with Gasteiger partial charge in [-0.3, -0.25) is 4.79 Å². The number of rotatable bonds is 4. The van der Waals surface area contributed by atoms with Gasteiger partial charge in [-0.25, -0.2) is 4.79 Å². The smallest absolute Gasteiger partial charge is 0.348 e. The van der Waals surface area contributed by atoms with Crippen molar-refractivity contribution in [2.75, 3.05) is 11.9 Å². The van der Waals surface area contributed by atoms with Gasteiger partial charge in [-0.15, -0.1) is 11.3 Å². The molecular weight excluding hydrogens is 352 g/mol. The SMILES string of the molecule is Cc1cc(NC(=O)COC(=O)c2cc3c(s2)-c2ccccc2CC3)no1. The van der Waals surface area contributed by atoms with Gasteiger partial charge in [0.25, 0.3) is 5.91 Å². The molecule has 0 fully saturated rings. The number of nitrogens with zero attached hydrogens (tertiary/aromatic N) is 1. The van der Waals surface area contributed by atoms with Crippen LogP contribution in [-0.4, -0.2) is 23.6 Å². The molecule has 0 spiro atoms. The largest absolute Gasteiger partial charge is 0.451 e. The van der Waals surface area contributed by atoms with Gasteiger partial charge < -0.3 is 14.6 Å². The zero-order valence-corrected chi connectivity index (χ0v) is 14.9. The number of aromatic nitrogens is 1. The fraction of sp³-hybridized carbons (Fsp3) is 0.211. The van der Waals surface area contributed by atoms with Crippen LogP contribution < -0.4 is 5.32 Å². The summed E-state index contributed by atoms with van der Waals surface area (Å²) in [7, 11) is 0. The lowest BCUT2D eigenvalue weighted by molar-refractivity contribution is -0.119. The van der Waals surface area contributed by atoms with Gasteiger partial charge in [0.2, 0.25) is 0 Å². The number of carbonyl (C=O) groups excluding carboxylic acids is 2. The summed E-state index contributed by atoms with van der Waals surface area (Å²) in [4.78, 5) is 25.8. The minimum absolute atomic E-state index is 0.298. The molecule has 0 saturated heterocycles. The topological polar surface area (TPSA) is 81.4 Å². The molecule has 0 aliphatic heterocycles. The summed E-state index contributed by atoms with van der Waals surface area (Å²) in [6.07, 6.45) is 1.87. The molecule has 3 aromatic rings. The highest BCUT2D eigenvalue weighted by Gasteiger charge is 2.22. The number of amides is 1. The second-order valence-corrected chi connectivity index (χ2v) is 7.12. The first-order valence-corrected chi connectivity index (χ1v) is 9.03. The molecule has 132 valence electrons. The third-order valence-electron chi connectivity index (χ3n) is 4.17. The lowest BCUT2D eigenvalue weighted by atomic mass is 9.91. The highest BCUT2D eigenvalue weighted by Crippen LogP contribution is 2.39. The summed E-state index contributed by atoms with van der Waals surface area (Å²) in [5.41, 5.74) is 3.63. The maximum atomic E-state index is 12.3. The Morgan fingerprint density at radius 3 is 2.85 bits per heavy atom. The zero-order chi connectivity index (χ0) is 18.1. The number of fused-ring (bicyclic) bond motifs is 3. The third kappa shape index (κ3) is 3.25. The normalized spacial score (nSPS) is 12.2. The van der Waals surface area contributed by atoms with E-state index in [0.29, 0.717) is 16.5 Å². The number of benzene rings is 1. The van der Waals surface area contributed by atoms with Crippen molar-refractivity contribution in [3.05, 3.63) is 58.2 Å². The summed E-state index contributed by atoms with van der Waals surface area (Å²) in [6.45, 7) is 1.35. The molecule has 1 N–H and O–H groups in total. The number of esters is 1. The van der Waals surface area contributed by atoms with E-state index in [1.807, 2.05) is 18.2 Å². The van der Waals surface area contributed by atoms with Crippen LogP contribution in [-0.2, 0) is 22.4 Å². The number of hydrogen-bond acceptors (Lipinski definition) is 6. The molecule has 0 unspecified atom stereocenters. The number of anilines is 1. The van der Waals surface area contributed by atoms with E-state index in [2.05, 4.69) is 22.6 Å². The fourth-order valence-electron chi connectivity index (χ4n) is 2.98. The van der Waals surface area contributed by atoms with Crippen molar-refractivity contribution in [3.63, 3.8) is 0 Å². The zero-order valence-electron chi connectivity index (χ0n) is 14.1. The Morgan fingerprint density at radius 1 is 1.23 bits per heavy atom. The number of aryl methyl sites for hydroxylation is 3. The molecule has 26 heavy (non-hydrogen) atoms. The van der Waals surface area contributed by atoms with E-state index in [-0.39, 0.29) is 6.61 Å². The van der Waals surface area contributed by atoms with Crippen molar-refractivity contribution in [2.24, 2.45) is 0 Å². The van der Waals surface area contributed by atoms with Crippen LogP contribution in [0.5, 0.6) is 0 Å². The molecule has 2 heterocycles. The standard InChI is InChI=1S/C19H16N2O4S/c1-11-8-16(21-25-11)20-17(22)10-24-19(23)15-9-13-7-6-12-4-2-3-5-14(12)18(13)26-15/h2-5,8-9H,6-7,10H2,1H3,(H,20,21,22). The number of nitrogens with one attached hydrogen (secondary N) is 1. The first-order valence-electron chi connectivity index (χ1n) is 8.21. The van der Waals surface area contributed by atoms with E-state index >= 15 is 0 Å². The van der Waals surface area contributed by atoms with Gasteiger partial charge in [0.15, 0.2) is 12.4 Å². The molecule has 0 atom stereocenters. The van der Waals surface area contributed by atoms with Crippen LogP contribution in [0.3, 0.4) is 0 Å². The molecule has 7 heteroatoms. The lowest BCUT2D eigenvalue weighted by Gasteiger charge is -2.15. The van der Waals surface area contributed by atoms with Crippen molar-refractivity contribution < 1.29 is 18.8 Å². The Kier molecular flexibility index (Phi) is 4.30. The second-order valence-electron chi connectivity index (χ2n) is 6.07. The maximum Gasteiger partial charge on any atom is 0.348 e. The predicted octanol–water partition coefficient (Wildman–Crippen LogP) is 3.61. The molecule has 2 aromatic heterocycles. The molecule has 1 amide bonds. The summed E-state index contributed by atoms with van der Waals surface area (Å²) in [5, 5.41) is 6.17. The molecule has 1 aliphatic carbocycles. The Bertz CT molecular complexity index is 989. The van der Waals surface area contributed by atoms with Crippen LogP contribution in [0.15, 0.2) is 40.9 Å². The molecule has 4 rings (SSSR count). The minimum atomic E-state index is -0.492. The molecule has 1 aromatic carbocycles. The van der Waals surface area contributed by atoms with E-state index < -0.39 is 11.9 Å². The maximum absolute atomic E-state index is 12.3. The monoisotopic (exact) mass is 368 g/mol. The fourth-order valence-corrected chi connectivity index (χ4v) is 4.14. The van der Waals surface area contributed by atoms with E-state index in [4.69, 9.17) is 9.26 Å². The summed E-state index contributed by atoms with van der Waals surface area (Å²) in [5.74, 6) is -0.0693. The van der Waals surface area contributed by atoms with Gasteiger partial charge in [-0.2, -0.15) is 0 Å². The molecular formula is C19H16N2O4S. The van der Waals surface area contributed by atoms with Crippen LogP contribution in [0.1, 0.15) is 26.6 Å². The third-order valence-corrected chi connectivity index (χ3v) is 5.36. The molecule has 0 radical (unpaired) electrons. The average Bonchev–Trinajstić information content (AvgIpc) is 3.26. The summed E-state index contributed by atoms with van der Waals surface area (Å²) >= 11 is 1.41. The van der Waals surface area contributed by atoms with Crippen molar-refractivity contribution >= 4 is 29.0 Å². The van der Waals surface area contributed by atoms with Gasteiger partial charge in [0.1, 0.15) is 10.6 Å². The van der Waals surface area contributed by atoms with Gasteiger partial charge in [-0.05, 0) is 42.5 Å². The first kappa shape index (κ1) is 16.5. The Labute approximate surface area is 153 Å². The van der Waals surface area contributed by atoms with Crippen molar-refractivity contribution in [1.82, 2.24) is 5.16 Å². The highest BCUT2D eigenvalue weighted by molar-refractivity contribution is 7.17. The summed E-state index contributed by atoms with van der Waals surface area (Å²) < 4.78 is 10.0. The van der Waals surface area contributed by atoms with Crippen molar-refractivity contribution in [2.45, 2.75) is 19.8 Å². The van der Waals surface area contributed by atoms with Crippen LogP contribution in [0.4, 0.5) is 5.82 Å². The Balaban J connectivity index is 1.42. The van der Waals surface area contributed by atoms with Gasteiger partial charge in [0.05, 0.1) is 0 Å². The molecule has 0 saturated carbocycles. The van der Waals surface area contributed by atoms with E-state index in [1.54, 1.807) is 13.0 Å². The van der Waals surface area contributed by atoms with E-state index in [0.717, 1.165) is 23.3 Å². The highest BCUT2D eigenvalue weighted by atomic mass is 32.1. The quantitative estimate of drug-likeness (QED) is 0.712. The Morgan fingerprint density at radius 2 is 2.04 bits per heavy atom. The average molecular weight is 368 g/mol. The molecule has 1 aliphatic rings. The van der Waals surface area contributed by atoms with Crippen LogP contribution in [0.2, 0.25) is 0 Å². The second kappa shape index (κ2) is 6.76. The first-order chi connectivity index (χ1) is 12.6. The number of thiophene rings is 1. The minimum Gasteiger partial charge on any atom is -0.451 e. The predicted molar refractivity (Wildman–Crippen MR) is 97.3 cm³/mol. The number of hydrogen-bond donors (Lipinski definition) is 1.